The number of ether oxygens (including phenoxy) is 6. The van der Waals surface area contributed by atoms with Crippen LogP contribution in [0.15, 0.2) is 30.3 Å². The van der Waals surface area contributed by atoms with Gasteiger partial charge in [-0.1, -0.05) is 6.07 Å². The molecule has 1 unspecified atom stereocenters. The van der Waals surface area contributed by atoms with Gasteiger partial charge in [0.2, 0.25) is 11.5 Å². The molecule has 0 heterocycles. The molecule has 2 aromatic carbocycles. The van der Waals surface area contributed by atoms with Gasteiger partial charge in [0, 0.05) is 18.9 Å². The van der Waals surface area contributed by atoms with E-state index in [4.69, 9.17) is 28.4 Å². The summed E-state index contributed by atoms with van der Waals surface area (Å²) in [6.07, 6.45) is -0.789. The Morgan fingerprint density at radius 3 is 1.94 bits per heavy atom. The van der Waals surface area contributed by atoms with E-state index < -0.39 is 12.1 Å². The maximum atomic E-state index is 13.5. The minimum atomic E-state index is -0.932. The van der Waals surface area contributed by atoms with Gasteiger partial charge in [0.15, 0.2) is 29.1 Å². The summed E-state index contributed by atoms with van der Waals surface area (Å²) in [6.45, 7) is 5.12. The van der Waals surface area contributed by atoms with Crippen LogP contribution in [0.5, 0.6) is 28.7 Å². The third-order valence-corrected chi connectivity index (χ3v) is 5.37. The molecule has 8 heteroatoms. The van der Waals surface area contributed by atoms with Crippen molar-refractivity contribution >= 4 is 22.9 Å². The highest BCUT2D eigenvalue weighted by atomic mass is 16.5. The maximum absolute atomic E-state index is 13.5. The maximum Gasteiger partial charge on any atom is 0.303 e. The van der Waals surface area contributed by atoms with Crippen LogP contribution in [0.2, 0.25) is 0 Å². The van der Waals surface area contributed by atoms with Crippen molar-refractivity contribution in [2.45, 2.75) is 39.4 Å². The van der Waals surface area contributed by atoms with Gasteiger partial charge in [-0.3, -0.25) is 9.59 Å². The highest BCUT2D eigenvalue weighted by Gasteiger charge is 2.37. The topological polar surface area (TPSA) is 89.5 Å². The van der Waals surface area contributed by atoms with Gasteiger partial charge < -0.3 is 28.4 Å². The highest BCUT2D eigenvalue weighted by Crippen LogP contribution is 2.46. The molecule has 0 aromatic heterocycles. The Labute approximate surface area is 199 Å². The number of esters is 1. The van der Waals surface area contributed by atoms with Crippen LogP contribution in [0.4, 0.5) is 0 Å². The predicted octanol–water partition coefficient (Wildman–Crippen LogP) is 4.32. The fraction of sp³-hybridized carbons (Fsp3) is 0.385. The van der Waals surface area contributed by atoms with Crippen molar-refractivity contribution in [3.05, 3.63) is 41.5 Å². The van der Waals surface area contributed by atoms with Crippen LogP contribution in [-0.4, -0.2) is 52.4 Å². The predicted molar refractivity (Wildman–Crippen MR) is 127 cm³/mol. The molecule has 0 N–H and O–H groups in total. The molecule has 0 radical (unpaired) electrons. The average molecular weight is 471 g/mol. The average Bonchev–Trinajstić information content (AvgIpc) is 3.12. The first-order valence-corrected chi connectivity index (χ1v) is 10.8. The summed E-state index contributed by atoms with van der Waals surface area (Å²) in [4.78, 5) is 25.1. The second-order valence-electron chi connectivity index (χ2n) is 7.97. The van der Waals surface area contributed by atoms with Crippen LogP contribution in [0.1, 0.15) is 38.3 Å². The first kappa shape index (κ1) is 25.0. The van der Waals surface area contributed by atoms with Crippen LogP contribution in [0, 0.1) is 0 Å². The minimum absolute atomic E-state index is 0.0771. The number of ketones is 1. The lowest BCUT2D eigenvalue weighted by atomic mass is 9.95. The van der Waals surface area contributed by atoms with Crippen molar-refractivity contribution in [2.75, 3.05) is 28.4 Å². The summed E-state index contributed by atoms with van der Waals surface area (Å²) >= 11 is 0. The van der Waals surface area contributed by atoms with E-state index in [1.165, 1.54) is 28.3 Å². The Morgan fingerprint density at radius 2 is 1.44 bits per heavy atom. The molecule has 34 heavy (non-hydrogen) atoms. The first-order chi connectivity index (χ1) is 16.2. The van der Waals surface area contributed by atoms with Crippen LogP contribution in [0.3, 0.4) is 0 Å². The molecule has 1 atom stereocenters. The number of Topliss-reactive ketones (excluding diaryl/α,β-unsaturated/α-hetero) is 1. The summed E-state index contributed by atoms with van der Waals surface area (Å²) in [6, 6.07) is 8.88. The van der Waals surface area contributed by atoms with E-state index in [-0.39, 0.29) is 18.3 Å². The van der Waals surface area contributed by atoms with E-state index in [2.05, 4.69) is 0 Å². The molecule has 0 aliphatic heterocycles. The number of methoxy groups -OCH3 is 4. The molecule has 0 fully saturated rings. The molecule has 1 aliphatic carbocycles. The standard InChI is InChI=1S/C26H30O8/c1-14(2)33-20-10-16(8-9-19(20)29-4)18-13-21(34-15(3)27)25(28)24(18)17-11-22(30-5)26(32-7)23(12-17)31-6/h8-12,14,21H,13H2,1-7H3. The number of carbonyl (C=O) groups excluding carboxylic acids is 2. The quantitative estimate of drug-likeness (QED) is 0.501. The summed E-state index contributed by atoms with van der Waals surface area (Å²) in [5.41, 5.74) is 2.43. The van der Waals surface area contributed by atoms with Gasteiger partial charge in [-0.05, 0) is 54.8 Å². The van der Waals surface area contributed by atoms with Crippen molar-refractivity contribution in [1.29, 1.82) is 0 Å². The fourth-order valence-corrected chi connectivity index (χ4v) is 4.00. The third-order valence-electron chi connectivity index (χ3n) is 5.37. The van der Waals surface area contributed by atoms with Crippen molar-refractivity contribution in [3.63, 3.8) is 0 Å². The molecule has 1 aliphatic rings. The van der Waals surface area contributed by atoms with Gasteiger partial charge in [0.1, 0.15) is 0 Å². The number of hydrogen-bond acceptors (Lipinski definition) is 8. The zero-order valence-electron chi connectivity index (χ0n) is 20.5. The lowest BCUT2D eigenvalue weighted by Crippen LogP contribution is -2.22. The zero-order valence-corrected chi connectivity index (χ0v) is 20.5. The first-order valence-electron chi connectivity index (χ1n) is 10.8. The van der Waals surface area contributed by atoms with Gasteiger partial charge in [-0.15, -0.1) is 0 Å². The second-order valence-corrected chi connectivity index (χ2v) is 7.97. The largest absolute Gasteiger partial charge is 0.493 e. The van der Waals surface area contributed by atoms with Crippen LogP contribution < -0.4 is 23.7 Å². The number of carbonyl (C=O) groups is 2. The van der Waals surface area contributed by atoms with Crippen molar-refractivity contribution in [2.24, 2.45) is 0 Å². The van der Waals surface area contributed by atoms with E-state index in [0.717, 1.165) is 5.56 Å². The molecule has 0 saturated heterocycles. The lowest BCUT2D eigenvalue weighted by molar-refractivity contribution is -0.150. The van der Waals surface area contributed by atoms with Gasteiger partial charge in [0.25, 0.3) is 0 Å². The van der Waals surface area contributed by atoms with E-state index in [9.17, 15) is 9.59 Å². The third kappa shape index (κ3) is 4.95. The normalized spacial score (nSPS) is 15.4. The van der Waals surface area contributed by atoms with Crippen LogP contribution in [0.25, 0.3) is 11.1 Å². The molecule has 3 rings (SSSR count). The van der Waals surface area contributed by atoms with Gasteiger partial charge in [0.05, 0.1) is 34.5 Å². The summed E-state index contributed by atoms with van der Waals surface area (Å²) < 4.78 is 33.1. The minimum Gasteiger partial charge on any atom is -0.493 e. The Bertz CT molecular complexity index is 1090. The van der Waals surface area contributed by atoms with E-state index >= 15 is 0 Å². The molecular weight excluding hydrogens is 440 g/mol. The Kier molecular flexibility index (Phi) is 7.71. The molecule has 0 spiro atoms. The summed E-state index contributed by atoms with van der Waals surface area (Å²) in [7, 11) is 6.09. The van der Waals surface area contributed by atoms with Crippen molar-refractivity contribution < 1.29 is 38.0 Å². The second kappa shape index (κ2) is 10.5. The van der Waals surface area contributed by atoms with Crippen LogP contribution >= 0.6 is 0 Å². The number of benzene rings is 2. The fourth-order valence-electron chi connectivity index (χ4n) is 4.00. The SMILES string of the molecule is COc1ccc(C2=C(c3cc(OC)c(OC)c(OC)c3)C(=O)C(OC(C)=O)C2)cc1OC(C)C. The van der Waals surface area contributed by atoms with E-state index in [0.29, 0.717) is 45.5 Å². The smallest absolute Gasteiger partial charge is 0.303 e. The Morgan fingerprint density at radius 1 is 0.853 bits per heavy atom. The monoisotopic (exact) mass is 470 g/mol. The van der Waals surface area contributed by atoms with Gasteiger partial charge >= 0.3 is 5.97 Å². The van der Waals surface area contributed by atoms with Gasteiger partial charge in [-0.2, -0.15) is 0 Å². The highest BCUT2D eigenvalue weighted by molar-refractivity contribution is 6.33. The molecule has 182 valence electrons. The zero-order chi connectivity index (χ0) is 25.0. The van der Waals surface area contributed by atoms with E-state index in [1.807, 2.05) is 26.0 Å². The lowest BCUT2D eigenvalue weighted by Gasteiger charge is -2.17. The molecule has 0 saturated carbocycles. The molecular formula is C26H30O8. The van der Waals surface area contributed by atoms with Gasteiger partial charge in [-0.25, -0.2) is 0 Å². The van der Waals surface area contributed by atoms with Crippen molar-refractivity contribution in [1.82, 2.24) is 0 Å². The number of hydrogen-bond donors (Lipinski definition) is 0. The summed E-state index contributed by atoms with van der Waals surface area (Å²) in [5.74, 6) is 1.53. The number of rotatable bonds is 9. The Hall–Kier alpha value is -3.68. The van der Waals surface area contributed by atoms with Crippen molar-refractivity contribution in [3.8, 4) is 28.7 Å². The molecule has 8 nitrogen and oxygen atoms in total. The summed E-state index contributed by atoms with van der Waals surface area (Å²) in [5, 5.41) is 0. The Balaban J connectivity index is 2.24. The molecule has 0 amide bonds. The molecule has 0 bridgehead atoms. The molecule has 2 aromatic rings. The van der Waals surface area contributed by atoms with E-state index in [1.54, 1.807) is 25.3 Å². The van der Waals surface area contributed by atoms with Crippen LogP contribution in [-0.2, 0) is 14.3 Å².